The third kappa shape index (κ3) is 4.65. The van der Waals surface area contributed by atoms with Crippen LogP contribution in [0.2, 0.25) is 0 Å². The molecule has 1 aromatic heterocycles. The first kappa shape index (κ1) is 24.5. The highest BCUT2D eigenvalue weighted by Crippen LogP contribution is 2.28. The lowest BCUT2D eigenvalue weighted by Gasteiger charge is -2.36. The predicted molar refractivity (Wildman–Crippen MR) is 140 cm³/mol. The number of benzene rings is 2. The van der Waals surface area contributed by atoms with Crippen molar-refractivity contribution in [3.8, 4) is 5.69 Å². The molecule has 3 aromatic rings. The highest BCUT2D eigenvalue weighted by molar-refractivity contribution is 7.89. The van der Waals surface area contributed by atoms with Crippen molar-refractivity contribution in [2.24, 2.45) is 0 Å². The van der Waals surface area contributed by atoms with E-state index < -0.39 is 10.0 Å². The molecule has 0 atom stereocenters. The van der Waals surface area contributed by atoms with Gasteiger partial charge in [-0.1, -0.05) is 24.6 Å². The summed E-state index contributed by atoms with van der Waals surface area (Å²) in [5.41, 5.74) is 4.73. The third-order valence-electron chi connectivity index (χ3n) is 7.19. The first-order valence-corrected chi connectivity index (χ1v) is 14.1. The minimum atomic E-state index is -3.50. The van der Waals surface area contributed by atoms with Gasteiger partial charge in [-0.2, -0.15) is 9.40 Å². The Morgan fingerprint density at radius 1 is 0.806 bits per heavy atom. The molecule has 0 N–H and O–H groups in total. The number of para-hydroxylation sites is 1. The molecule has 3 heterocycles. The summed E-state index contributed by atoms with van der Waals surface area (Å²) < 4.78 is 29.3. The lowest BCUT2D eigenvalue weighted by molar-refractivity contribution is 0.0746. The summed E-state index contributed by atoms with van der Waals surface area (Å²) in [6, 6.07) is 16.5. The van der Waals surface area contributed by atoms with Crippen LogP contribution in [0.15, 0.2) is 59.5 Å². The average Bonchev–Trinajstić information content (AvgIpc) is 3.23. The second kappa shape index (κ2) is 10.1. The van der Waals surface area contributed by atoms with Crippen molar-refractivity contribution < 1.29 is 13.2 Å². The fraction of sp³-hybridized carbons (Fsp3) is 0.407. The predicted octanol–water partition coefficient (Wildman–Crippen LogP) is 3.63. The summed E-state index contributed by atoms with van der Waals surface area (Å²) in [5, 5.41) is 4.76. The van der Waals surface area contributed by atoms with Crippen molar-refractivity contribution in [2.75, 3.05) is 44.2 Å². The molecule has 36 heavy (non-hydrogen) atoms. The Bertz CT molecular complexity index is 1320. The van der Waals surface area contributed by atoms with Crippen LogP contribution in [-0.4, -0.2) is 72.6 Å². The number of aromatic nitrogens is 2. The largest absolute Gasteiger partial charge is 0.365 e. The van der Waals surface area contributed by atoms with Gasteiger partial charge < -0.3 is 9.80 Å². The van der Waals surface area contributed by atoms with Gasteiger partial charge in [-0.3, -0.25) is 4.79 Å². The summed E-state index contributed by atoms with van der Waals surface area (Å²) in [6.45, 7) is 7.87. The number of carbonyl (C=O) groups excluding carboxylic acids is 1. The van der Waals surface area contributed by atoms with E-state index in [4.69, 9.17) is 5.10 Å². The zero-order valence-corrected chi connectivity index (χ0v) is 21.7. The van der Waals surface area contributed by atoms with E-state index in [1.54, 1.807) is 28.6 Å². The third-order valence-corrected chi connectivity index (χ3v) is 9.10. The zero-order valence-electron chi connectivity index (χ0n) is 20.9. The van der Waals surface area contributed by atoms with Gasteiger partial charge >= 0.3 is 0 Å². The van der Waals surface area contributed by atoms with Crippen LogP contribution in [0.4, 0.5) is 5.69 Å². The molecule has 9 heteroatoms. The number of amides is 1. The number of piperidine rings is 1. The van der Waals surface area contributed by atoms with Crippen LogP contribution < -0.4 is 4.90 Å². The first-order valence-electron chi connectivity index (χ1n) is 12.6. The first-order chi connectivity index (χ1) is 17.4. The van der Waals surface area contributed by atoms with Crippen molar-refractivity contribution in [1.29, 1.82) is 0 Å². The Balaban J connectivity index is 1.25. The van der Waals surface area contributed by atoms with Gasteiger partial charge in [0.15, 0.2) is 0 Å². The molecular formula is C27H33N5O3S. The average molecular weight is 508 g/mol. The van der Waals surface area contributed by atoms with Gasteiger partial charge in [0.25, 0.3) is 5.91 Å². The zero-order chi connectivity index (χ0) is 25.3. The van der Waals surface area contributed by atoms with Crippen LogP contribution in [0.5, 0.6) is 0 Å². The van der Waals surface area contributed by atoms with Crippen LogP contribution in [0.3, 0.4) is 0 Å². The second-order valence-electron chi connectivity index (χ2n) is 9.54. The number of rotatable bonds is 5. The van der Waals surface area contributed by atoms with Crippen molar-refractivity contribution in [3.05, 3.63) is 71.5 Å². The molecule has 0 unspecified atom stereocenters. The summed E-state index contributed by atoms with van der Waals surface area (Å²) in [5.74, 6) is -0.0648. The monoisotopic (exact) mass is 507 g/mol. The Morgan fingerprint density at radius 3 is 2.08 bits per heavy atom. The second-order valence-corrected chi connectivity index (χ2v) is 11.5. The summed E-state index contributed by atoms with van der Waals surface area (Å²) >= 11 is 0. The number of aryl methyl sites for hydroxylation is 1. The van der Waals surface area contributed by atoms with Gasteiger partial charge in [-0.05, 0) is 63.1 Å². The number of sulfonamides is 1. The Morgan fingerprint density at radius 2 is 1.44 bits per heavy atom. The number of anilines is 1. The van der Waals surface area contributed by atoms with Crippen LogP contribution >= 0.6 is 0 Å². The fourth-order valence-corrected chi connectivity index (χ4v) is 6.77. The number of hydrogen-bond acceptors (Lipinski definition) is 5. The van der Waals surface area contributed by atoms with E-state index in [9.17, 15) is 13.2 Å². The van der Waals surface area contributed by atoms with Crippen molar-refractivity contribution in [3.63, 3.8) is 0 Å². The minimum absolute atomic E-state index is 0.0648. The van der Waals surface area contributed by atoms with Crippen molar-refractivity contribution in [1.82, 2.24) is 19.0 Å². The Hall–Kier alpha value is -3.17. The van der Waals surface area contributed by atoms with E-state index in [2.05, 4.69) is 11.8 Å². The lowest BCUT2D eigenvalue weighted by atomic mass is 10.1. The smallest absolute Gasteiger partial charge is 0.253 e. The van der Waals surface area contributed by atoms with Crippen molar-refractivity contribution in [2.45, 2.75) is 38.0 Å². The number of hydrogen-bond donors (Lipinski definition) is 0. The van der Waals surface area contributed by atoms with Gasteiger partial charge in [0.1, 0.15) is 0 Å². The molecule has 8 nitrogen and oxygen atoms in total. The molecule has 2 aliphatic heterocycles. The number of piperazine rings is 1. The molecule has 2 saturated heterocycles. The van der Waals surface area contributed by atoms with E-state index in [1.165, 1.54) is 0 Å². The maximum atomic E-state index is 13.2. The molecule has 2 aromatic carbocycles. The molecule has 0 bridgehead atoms. The molecular weight excluding hydrogens is 474 g/mol. The van der Waals surface area contributed by atoms with Gasteiger partial charge in [0, 0.05) is 44.8 Å². The van der Waals surface area contributed by atoms with Gasteiger partial charge in [-0.25, -0.2) is 13.1 Å². The Labute approximate surface area is 213 Å². The molecule has 1 amide bonds. The molecule has 0 radical (unpaired) electrons. The molecule has 2 fully saturated rings. The maximum Gasteiger partial charge on any atom is 0.253 e. The number of nitrogens with zero attached hydrogens (tertiary/aromatic N) is 5. The number of carbonyl (C=O) groups is 1. The fourth-order valence-electron chi connectivity index (χ4n) is 5.25. The molecule has 0 spiro atoms. The van der Waals surface area contributed by atoms with Gasteiger partial charge in [0.05, 0.1) is 27.7 Å². The molecule has 0 saturated carbocycles. The van der Waals surface area contributed by atoms with E-state index in [0.717, 1.165) is 55.1 Å². The summed E-state index contributed by atoms with van der Waals surface area (Å²) in [4.78, 5) is 17.6. The van der Waals surface area contributed by atoms with E-state index in [0.29, 0.717) is 31.7 Å². The molecule has 5 rings (SSSR count). The van der Waals surface area contributed by atoms with E-state index in [-0.39, 0.29) is 10.8 Å². The summed E-state index contributed by atoms with van der Waals surface area (Å²) in [7, 11) is -3.50. The quantitative estimate of drug-likeness (QED) is 0.527. The molecule has 2 aliphatic rings. The van der Waals surface area contributed by atoms with Crippen LogP contribution in [0.1, 0.15) is 41.0 Å². The standard InChI is InChI=1S/C27H33N5O3S/c1-21-26(22(2)32(28-21)24-9-5-3-6-10-24)29-17-19-30(20-18-29)27(33)23-11-13-25(14-12-23)36(34,35)31-15-7-4-8-16-31/h3,5-6,9-14H,4,7-8,15-20H2,1-2H3. The maximum absolute atomic E-state index is 13.2. The van der Waals surface area contributed by atoms with Crippen LogP contribution in [0, 0.1) is 13.8 Å². The highest BCUT2D eigenvalue weighted by Gasteiger charge is 2.28. The van der Waals surface area contributed by atoms with Gasteiger partial charge in [0.2, 0.25) is 10.0 Å². The van der Waals surface area contributed by atoms with Crippen molar-refractivity contribution >= 4 is 21.6 Å². The van der Waals surface area contributed by atoms with Gasteiger partial charge in [-0.15, -0.1) is 0 Å². The van der Waals surface area contributed by atoms with Crippen LogP contribution in [-0.2, 0) is 10.0 Å². The van der Waals surface area contributed by atoms with E-state index >= 15 is 0 Å². The highest BCUT2D eigenvalue weighted by atomic mass is 32.2. The topological polar surface area (TPSA) is 78.8 Å². The SMILES string of the molecule is Cc1nn(-c2ccccc2)c(C)c1N1CCN(C(=O)c2ccc(S(=O)(=O)N3CCCCC3)cc2)CC1. The lowest BCUT2D eigenvalue weighted by Crippen LogP contribution is -2.49. The minimum Gasteiger partial charge on any atom is -0.365 e. The van der Waals surface area contributed by atoms with E-state index in [1.807, 2.05) is 46.8 Å². The van der Waals surface area contributed by atoms with Crippen LogP contribution in [0.25, 0.3) is 5.69 Å². The normalized spacial score (nSPS) is 17.4. The Kier molecular flexibility index (Phi) is 6.85. The summed E-state index contributed by atoms with van der Waals surface area (Å²) in [6.07, 6.45) is 2.86. The molecule has 190 valence electrons. The molecule has 0 aliphatic carbocycles.